The largest absolute Gasteiger partial charge is 0.470 e. The predicted octanol–water partition coefficient (Wildman–Crippen LogP) is 4.77. The van der Waals surface area contributed by atoms with E-state index in [1.165, 1.54) is 0 Å². The van der Waals surface area contributed by atoms with Crippen LogP contribution in [0.2, 0.25) is 10.0 Å². The molecule has 1 saturated heterocycles. The molecule has 2 aromatic rings. The summed E-state index contributed by atoms with van der Waals surface area (Å²) in [5.74, 6) is -1.36. The summed E-state index contributed by atoms with van der Waals surface area (Å²) in [5.41, 5.74) is 1.04. The lowest BCUT2D eigenvalue weighted by molar-refractivity contribution is -0.157. The summed E-state index contributed by atoms with van der Waals surface area (Å²) in [6.45, 7) is 2.17. The Balaban J connectivity index is 1.57. The van der Waals surface area contributed by atoms with Gasteiger partial charge in [0.25, 0.3) is 0 Å². The summed E-state index contributed by atoms with van der Waals surface area (Å²) < 4.78 is 42.3. The molecule has 0 spiro atoms. The molecule has 0 atom stereocenters. The highest BCUT2D eigenvalue weighted by atomic mass is 35.5. The summed E-state index contributed by atoms with van der Waals surface area (Å²) in [7, 11) is 0. The third kappa shape index (κ3) is 4.02. The maximum absolute atomic E-state index is 12.5. The Bertz CT molecular complexity index is 712. The Kier molecular flexibility index (Phi) is 5.03. The van der Waals surface area contributed by atoms with Gasteiger partial charge >= 0.3 is 12.1 Å². The number of nitrogens with zero attached hydrogens (tertiary/aromatic N) is 3. The maximum Gasteiger partial charge on any atom is 0.470 e. The van der Waals surface area contributed by atoms with E-state index in [0.717, 1.165) is 18.7 Å². The monoisotopic (exact) mass is 379 g/mol. The molecule has 3 rings (SSSR count). The maximum atomic E-state index is 12.5. The normalized spacial score (nSPS) is 17.4. The van der Waals surface area contributed by atoms with Crippen molar-refractivity contribution in [1.82, 2.24) is 15.1 Å². The van der Waals surface area contributed by atoms with Crippen molar-refractivity contribution in [3.8, 4) is 0 Å². The van der Waals surface area contributed by atoms with Gasteiger partial charge in [-0.1, -0.05) is 29.3 Å². The molecule has 4 nitrogen and oxygen atoms in total. The van der Waals surface area contributed by atoms with Crippen LogP contribution >= 0.6 is 23.2 Å². The van der Waals surface area contributed by atoms with Crippen molar-refractivity contribution in [1.29, 1.82) is 0 Å². The topological polar surface area (TPSA) is 42.2 Å². The minimum atomic E-state index is -4.60. The van der Waals surface area contributed by atoms with Gasteiger partial charge in [0.2, 0.25) is 5.89 Å². The minimum absolute atomic E-state index is 0.0662. The molecular formula is C15H14Cl2F3N3O. The second-order valence-electron chi connectivity index (χ2n) is 5.74. The molecule has 1 aromatic heterocycles. The van der Waals surface area contributed by atoms with Crippen LogP contribution in [0, 0.1) is 0 Å². The fourth-order valence-electron chi connectivity index (χ4n) is 2.75. The third-order valence-electron chi connectivity index (χ3n) is 4.01. The molecule has 0 aliphatic carbocycles. The average molecular weight is 380 g/mol. The smallest absolute Gasteiger partial charge is 0.417 e. The van der Waals surface area contributed by atoms with Gasteiger partial charge in [-0.25, -0.2) is 0 Å². The van der Waals surface area contributed by atoms with Gasteiger partial charge in [0.05, 0.1) is 10.0 Å². The predicted molar refractivity (Wildman–Crippen MR) is 83.0 cm³/mol. The Morgan fingerprint density at radius 1 is 1.12 bits per heavy atom. The summed E-state index contributed by atoms with van der Waals surface area (Å²) in [4.78, 5) is 2.21. The Morgan fingerprint density at radius 2 is 1.83 bits per heavy atom. The van der Waals surface area contributed by atoms with Crippen LogP contribution in [0.1, 0.15) is 36.1 Å². The molecule has 0 bridgehead atoms. The second-order valence-corrected chi connectivity index (χ2v) is 6.56. The van der Waals surface area contributed by atoms with Crippen molar-refractivity contribution in [3.63, 3.8) is 0 Å². The van der Waals surface area contributed by atoms with Crippen molar-refractivity contribution in [2.45, 2.75) is 31.5 Å². The molecule has 1 aliphatic heterocycles. The van der Waals surface area contributed by atoms with Crippen LogP contribution in [0.5, 0.6) is 0 Å². The molecule has 1 aromatic carbocycles. The summed E-state index contributed by atoms with van der Waals surface area (Å²) in [6, 6.07) is 5.49. The number of aromatic nitrogens is 2. The van der Waals surface area contributed by atoms with E-state index in [2.05, 4.69) is 15.1 Å². The van der Waals surface area contributed by atoms with Crippen LogP contribution in [0.4, 0.5) is 13.2 Å². The van der Waals surface area contributed by atoms with Gasteiger partial charge in [0.1, 0.15) is 0 Å². The number of alkyl halides is 3. The second kappa shape index (κ2) is 6.90. The highest BCUT2D eigenvalue weighted by Crippen LogP contribution is 2.33. The summed E-state index contributed by atoms with van der Waals surface area (Å²) in [5, 5.41) is 7.65. The highest BCUT2D eigenvalue weighted by Gasteiger charge is 2.39. The third-order valence-corrected chi connectivity index (χ3v) is 4.75. The van der Waals surface area contributed by atoms with E-state index < -0.39 is 12.1 Å². The van der Waals surface area contributed by atoms with Crippen molar-refractivity contribution < 1.29 is 17.6 Å². The molecular weight excluding hydrogens is 366 g/mol. The zero-order chi connectivity index (χ0) is 17.3. The quantitative estimate of drug-likeness (QED) is 0.769. The molecule has 0 unspecified atom stereocenters. The summed E-state index contributed by atoms with van der Waals surface area (Å²) >= 11 is 11.9. The van der Waals surface area contributed by atoms with E-state index in [9.17, 15) is 13.2 Å². The number of rotatable bonds is 3. The number of likely N-dealkylation sites (tertiary alicyclic amines) is 1. The van der Waals surface area contributed by atoms with Gasteiger partial charge in [0.15, 0.2) is 0 Å². The van der Waals surface area contributed by atoms with Crippen LogP contribution in [0.3, 0.4) is 0 Å². The van der Waals surface area contributed by atoms with Crippen LogP contribution in [-0.2, 0) is 12.7 Å². The number of hydrogen-bond donors (Lipinski definition) is 0. The number of piperidine rings is 1. The molecule has 0 saturated carbocycles. The van der Waals surface area contributed by atoms with Gasteiger partial charge in [-0.15, -0.1) is 10.2 Å². The number of benzene rings is 1. The SMILES string of the molecule is FC(F)(F)c1nnc(C2CCN(Cc3ccc(Cl)c(Cl)c3)CC2)o1. The molecule has 0 amide bonds. The molecule has 24 heavy (non-hydrogen) atoms. The van der Waals surface area contributed by atoms with Gasteiger partial charge in [-0.05, 0) is 43.6 Å². The average Bonchev–Trinajstić information content (AvgIpc) is 3.02. The van der Waals surface area contributed by atoms with Crippen LogP contribution in [0.25, 0.3) is 0 Å². The first-order valence-corrected chi connectivity index (χ1v) is 8.15. The van der Waals surface area contributed by atoms with E-state index in [1.807, 2.05) is 12.1 Å². The van der Waals surface area contributed by atoms with E-state index in [1.54, 1.807) is 6.07 Å². The lowest BCUT2D eigenvalue weighted by Crippen LogP contribution is -2.32. The molecule has 130 valence electrons. The molecule has 0 N–H and O–H groups in total. The van der Waals surface area contributed by atoms with Gasteiger partial charge in [-0.3, -0.25) is 4.90 Å². The van der Waals surface area contributed by atoms with Crippen molar-refractivity contribution in [2.24, 2.45) is 0 Å². The van der Waals surface area contributed by atoms with E-state index >= 15 is 0 Å². The van der Waals surface area contributed by atoms with Crippen molar-refractivity contribution in [2.75, 3.05) is 13.1 Å². The van der Waals surface area contributed by atoms with Crippen LogP contribution < -0.4 is 0 Å². The Hall–Kier alpha value is -1.31. The summed E-state index contributed by atoms with van der Waals surface area (Å²) in [6.07, 6.45) is -3.26. The molecule has 1 fully saturated rings. The first-order valence-electron chi connectivity index (χ1n) is 7.40. The zero-order valence-electron chi connectivity index (χ0n) is 12.5. The van der Waals surface area contributed by atoms with Crippen molar-refractivity contribution >= 4 is 23.2 Å². The zero-order valence-corrected chi connectivity index (χ0v) is 14.0. The van der Waals surface area contributed by atoms with Crippen molar-refractivity contribution in [3.05, 3.63) is 45.6 Å². The Labute approximate surface area is 146 Å². The van der Waals surface area contributed by atoms with E-state index in [-0.39, 0.29) is 11.8 Å². The van der Waals surface area contributed by atoms with Gasteiger partial charge in [-0.2, -0.15) is 13.2 Å². The molecule has 1 aliphatic rings. The fourth-order valence-corrected chi connectivity index (χ4v) is 3.07. The number of hydrogen-bond acceptors (Lipinski definition) is 4. The molecule has 9 heteroatoms. The first-order chi connectivity index (χ1) is 11.3. The minimum Gasteiger partial charge on any atom is -0.417 e. The van der Waals surface area contributed by atoms with E-state index in [0.29, 0.717) is 29.4 Å². The Morgan fingerprint density at radius 3 is 2.42 bits per heavy atom. The van der Waals surface area contributed by atoms with Gasteiger partial charge in [0, 0.05) is 12.5 Å². The van der Waals surface area contributed by atoms with E-state index in [4.69, 9.17) is 27.6 Å². The first kappa shape index (κ1) is 17.5. The molecule has 2 heterocycles. The fraction of sp³-hybridized carbons (Fsp3) is 0.467. The van der Waals surface area contributed by atoms with Crippen LogP contribution in [-0.4, -0.2) is 28.2 Å². The van der Waals surface area contributed by atoms with Crippen LogP contribution in [0.15, 0.2) is 22.6 Å². The molecule has 0 radical (unpaired) electrons. The lowest BCUT2D eigenvalue weighted by Gasteiger charge is -2.30. The standard InChI is InChI=1S/C15H14Cl2F3N3O/c16-11-2-1-9(7-12(11)17)8-23-5-3-10(4-6-23)13-21-22-14(24-13)15(18,19)20/h1-2,7,10H,3-6,8H2. The highest BCUT2D eigenvalue weighted by molar-refractivity contribution is 6.42. The van der Waals surface area contributed by atoms with Gasteiger partial charge < -0.3 is 4.42 Å². The number of halogens is 5. The lowest BCUT2D eigenvalue weighted by atomic mass is 9.96.